The number of nitrogens with zero attached hydrogens (tertiary/aromatic N) is 2. The molecule has 0 radical (unpaired) electrons. The normalized spacial score (nSPS) is 14.2. The average molecular weight is 820 g/mol. The predicted molar refractivity (Wildman–Crippen MR) is 209 cm³/mol. The molecule has 310 valence electrons. The Hall–Kier alpha value is -6.06. The number of carbonyl (C=O) groups excluding carboxylic acids is 2. The summed E-state index contributed by atoms with van der Waals surface area (Å²) in [5, 5.41) is 3.36. The molecule has 0 aliphatic carbocycles. The number of benzene rings is 4. The summed E-state index contributed by atoms with van der Waals surface area (Å²) in [7, 11) is 1.24. The van der Waals surface area contributed by atoms with Crippen molar-refractivity contribution >= 4 is 17.9 Å². The van der Waals surface area contributed by atoms with Gasteiger partial charge in [0, 0.05) is 29.7 Å². The summed E-state index contributed by atoms with van der Waals surface area (Å²) < 4.78 is 98.1. The molecule has 2 unspecified atom stereocenters. The van der Waals surface area contributed by atoms with E-state index in [2.05, 4.69) is 5.32 Å². The molecule has 2 heterocycles. The summed E-state index contributed by atoms with van der Waals surface area (Å²) in [6, 6.07) is 22.6. The van der Waals surface area contributed by atoms with Crippen LogP contribution in [0.5, 0.6) is 5.75 Å². The maximum atomic E-state index is 16.2. The van der Waals surface area contributed by atoms with E-state index in [0.717, 1.165) is 23.1 Å². The number of carbonyl (C=O) groups is 2. The molecule has 1 aliphatic heterocycles. The molecule has 6 rings (SSSR count). The highest BCUT2D eigenvalue weighted by atomic mass is 19.4. The van der Waals surface area contributed by atoms with Crippen LogP contribution < -0.4 is 20.5 Å². The number of nitrogens with one attached hydrogen (secondary N) is 1. The molecule has 0 saturated heterocycles. The van der Waals surface area contributed by atoms with E-state index < -0.39 is 65.1 Å². The van der Waals surface area contributed by atoms with Gasteiger partial charge in [-0.2, -0.15) is 13.2 Å². The van der Waals surface area contributed by atoms with Crippen molar-refractivity contribution in [3.05, 3.63) is 152 Å². The minimum absolute atomic E-state index is 0.0166. The molecule has 4 aromatic carbocycles. The van der Waals surface area contributed by atoms with Crippen molar-refractivity contribution in [1.82, 2.24) is 9.88 Å². The Kier molecular flexibility index (Phi) is 13.5. The second kappa shape index (κ2) is 18.7. The van der Waals surface area contributed by atoms with Crippen molar-refractivity contribution in [2.24, 2.45) is 0 Å². The number of halogens is 5. The van der Waals surface area contributed by atoms with Gasteiger partial charge in [0.15, 0.2) is 11.6 Å². The van der Waals surface area contributed by atoms with Gasteiger partial charge in [-0.3, -0.25) is 14.3 Å². The van der Waals surface area contributed by atoms with Crippen molar-refractivity contribution in [2.75, 3.05) is 44.9 Å². The molecule has 59 heavy (non-hydrogen) atoms. The zero-order valence-electron chi connectivity index (χ0n) is 32.5. The predicted octanol–water partition coefficient (Wildman–Crippen LogP) is 8.33. The first kappa shape index (κ1) is 42.5. The van der Waals surface area contributed by atoms with Gasteiger partial charge in [-0.25, -0.2) is 18.4 Å². The standard InChI is InChI=1S/C44H42F5N3O7/c1-4-58-37(53)26-57-22-21-50-40(29-15-9-6-10-16-29)35-24-51(43(55)59-25-28-13-7-5-8-14-28)41-31(23-32-33(44(47,48)49)18-12-19-34(32)45)27(2)38(42(54)52(35)41)30-17-11-20-36(56-3)39(30)46/h5-20,35,40,50H,4,21-26H2,1-3H3. The molecule has 0 spiro atoms. The molecule has 1 amide bonds. The van der Waals surface area contributed by atoms with Crippen LogP contribution >= 0.6 is 0 Å². The van der Waals surface area contributed by atoms with E-state index >= 15 is 13.6 Å². The summed E-state index contributed by atoms with van der Waals surface area (Å²) in [6.07, 6.45) is -6.65. The summed E-state index contributed by atoms with van der Waals surface area (Å²) in [5.41, 5.74) is -1.94. The van der Waals surface area contributed by atoms with E-state index in [1.54, 1.807) is 67.6 Å². The van der Waals surface area contributed by atoms with Crippen LogP contribution in [-0.2, 0) is 38.2 Å². The molecule has 0 bridgehead atoms. The van der Waals surface area contributed by atoms with Gasteiger partial charge in [0.1, 0.15) is 24.8 Å². The number of fused-ring (bicyclic) bond motifs is 1. The van der Waals surface area contributed by atoms with Gasteiger partial charge in [-0.05, 0) is 48.7 Å². The molecule has 0 saturated carbocycles. The van der Waals surface area contributed by atoms with Gasteiger partial charge in [0.2, 0.25) is 0 Å². The Balaban J connectivity index is 1.58. The Labute approximate surface area is 337 Å². The first-order valence-corrected chi connectivity index (χ1v) is 18.8. The monoisotopic (exact) mass is 819 g/mol. The SMILES string of the molecule is CCOC(=O)COCCNC(c1ccccc1)C1CN(C(=O)OCc2ccccc2)c2c(Cc3c(F)cccc3C(F)(F)F)c(C)c(-c3cccc(OC)c3F)c(=O)n21. The van der Waals surface area contributed by atoms with E-state index in [-0.39, 0.29) is 73.3 Å². The molecular formula is C44H42F5N3O7. The highest BCUT2D eigenvalue weighted by Gasteiger charge is 2.43. The van der Waals surface area contributed by atoms with Crippen LogP contribution in [0.15, 0.2) is 102 Å². The van der Waals surface area contributed by atoms with Crippen molar-refractivity contribution in [1.29, 1.82) is 0 Å². The Morgan fingerprint density at radius 3 is 2.27 bits per heavy atom. The summed E-state index contributed by atoms with van der Waals surface area (Å²) in [6.45, 7) is 2.66. The van der Waals surface area contributed by atoms with Gasteiger partial charge in [-0.15, -0.1) is 0 Å². The minimum atomic E-state index is -4.98. The van der Waals surface area contributed by atoms with Gasteiger partial charge in [0.25, 0.3) is 5.56 Å². The fourth-order valence-electron chi connectivity index (χ4n) is 7.36. The second-order valence-electron chi connectivity index (χ2n) is 13.7. The van der Waals surface area contributed by atoms with Crippen LogP contribution in [0.25, 0.3) is 11.1 Å². The highest BCUT2D eigenvalue weighted by molar-refractivity contribution is 5.90. The summed E-state index contributed by atoms with van der Waals surface area (Å²) in [4.78, 5) is 42.5. The van der Waals surface area contributed by atoms with Crippen LogP contribution in [0.3, 0.4) is 0 Å². The Morgan fingerprint density at radius 1 is 0.898 bits per heavy atom. The molecule has 1 N–H and O–H groups in total. The van der Waals surface area contributed by atoms with E-state index in [1.165, 1.54) is 36.8 Å². The quantitative estimate of drug-likeness (QED) is 0.0639. The van der Waals surface area contributed by atoms with Crippen LogP contribution in [-0.4, -0.2) is 56.6 Å². The average Bonchev–Trinajstić information content (AvgIpc) is 3.62. The third-order valence-corrected chi connectivity index (χ3v) is 10.1. The number of rotatable bonds is 15. The van der Waals surface area contributed by atoms with Gasteiger partial charge in [-0.1, -0.05) is 78.9 Å². The maximum Gasteiger partial charge on any atom is 0.416 e. The van der Waals surface area contributed by atoms with Gasteiger partial charge >= 0.3 is 18.2 Å². The van der Waals surface area contributed by atoms with E-state index in [4.69, 9.17) is 18.9 Å². The highest BCUT2D eigenvalue weighted by Crippen LogP contribution is 2.44. The number of hydrogen-bond acceptors (Lipinski definition) is 8. The third kappa shape index (κ3) is 9.31. The van der Waals surface area contributed by atoms with Crippen LogP contribution in [0.1, 0.15) is 52.4 Å². The summed E-state index contributed by atoms with van der Waals surface area (Å²) >= 11 is 0. The van der Waals surface area contributed by atoms with Crippen LogP contribution in [0.2, 0.25) is 0 Å². The number of aromatic nitrogens is 1. The molecule has 2 atom stereocenters. The fraction of sp³-hybridized carbons (Fsp3) is 0.295. The lowest BCUT2D eigenvalue weighted by atomic mass is 9.91. The molecule has 1 aliphatic rings. The number of methoxy groups -OCH3 is 1. The summed E-state index contributed by atoms with van der Waals surface area (Å²) in [5.74, 6) is -2.97. The van der Waals surface area contributed by atoms with Crippen molar-refractivity contribution in [3.8, 4) is 16.9 Å². The molecular weight excluding hydrogens is 777 g/mol. The largest absolute Gasteiger partial charge is 0.494 e. The zero-order chi connectivity index (χ0) is 42.3. The minimum Gasteiger partial charge on any atom is -0.494 e. The number of hydrogen-bond donors (Lipinski definition) is 1. The zero-order valence-corrected chi connectivity index (χ0v) is 32.5. The van der Waals surface area contributed by atoms with Crippen molar-refractivity contribution in [3.63, 3.8) is 0 Å². The smallest absolute Gasteiger partial charge is 0.416 e. The van der Waals surface area contributed by atoms with Crippen LogP contribution in [0, 0.1) is 18.6 Å². The Bertz CT molecular complexity index is 2340. The van der Waals surface area contributed by atoms with Crippen molar-refractivity contribution in [2.45, 2.75) is 45.1 Å². The lowest BCUT2D eigenvalue weighted by Gasteiger charge is -2.28. The number of anilines is 1. The molecule has 10 nitrogen and oxygen atoms in total. The van der Waals surface area contributed by atoms with E-state index in [0.29, 0.717) is 11.1 Å². The van der Waals surface area contributed by atoms with E-state index in [1.807, 2.05) is 0 Å². The topological polar surface area (TPSA) is 108 Å². The lowest BCUT2D eigenvalue weighted by molar-refractivity contribution is -0.148. The van der Waals surface area contributed by atoms with Crippen LogP contribution in [0.4, 0.5) is 32.6 Å². The first-order chi connectivity index (χ1) is 28.3. The first-order valence-electron chi connectivity index (χ1n) is 18.8. The second-order valence-corrected chi connectivity index (χ2v) is 13.7. The lowest BCUT2D eigenvalue weighted by Crippen LogP contribution is -2.38. The molecule has 0 fully saturated rings. The number of ether oxygens (including phenoxy) is 4. The third-order valence-electron chi connectivity index (χ3n) is 10.1. The molecule has 5 aromatic rings. The number of esters is 1. The Morgan fingerprint density at radius 2 is 1.59 bits per heavy atom. The van der Waals surface area contributed by atoms with Gasteiger partial charge < -0.3 is 24.3 Å². The molecule has 1 aromatic heterocycles. The van der Waals surface area contributed by atoms with Gasteiger partial charge in [0.05, 0.1) is 50.1 Å². The van der Waals surface area contributed by atoms with Crippen molar-refractivity contribution < 1.29 is 50.5 Å². The maximum absolute atomic E-state index is 16.2. The number of alkyl halides is 3. The number of pyridine rings is 1. The van der Waals surface area contributed by atoms with E-state index in [9.17, 15) is 22.8 Å². The molecule has 15 heteroatoms. The fourth-order valence-corrected chi connectivity index (χ4v) is 7.36. The number of amides is 1.